The minimum Gasteiger partial charge on any atom is -0.497 e. The van der Waals surface area contributed by atoms with E-state index in [1.165, 1.54) is 0 Å². The highest BCUT2D eigenvalue weighted by Gasteiger charge is 2.30. The first-order valence-electron chi connectivity index (χ1n) is 6.00. The Morgan fingerprint density at radius 3 is 2.89 bits per heavy atom. The molecule has 0 amide bonds. The molecule has 1 fully saturated rings. The number of hydrogen-bond donors (Lipinski definition) is 0. The molecule has 1 aromatic carbocycles. The second-order valence-corrected chi connectivity index (χ2v) is 4.52. The van der Waals surface area contributed by atoms with E-state index < -0.39 is 0 Å². The van der Waals surface area contributed by atoms with Gasteiger partial charge in [-0.15, -0.1) is 0 Å². The number of nitrogens with zero attached hydrogens (tertiary/aromatic N) is 3. The van der Waals surface area contributed by atoms with E-state index in [1.807, 2.05) is 25.1 Å². The Hall–Kier alpha value is -1.88. The average molecular weight is 245 g/mol. The van der Waals surface area contributed by atoms with Crippen molar-refractivity contribution in [2.45, 2.75) is 13.0 Å². The van der Waals surface area contributed by atoms with Crippen molar-refractivity contribution in [2.24, 2.45) is 0 Å². The molecule has 0 spiro atoms. The number of fused-ring (bicyclic) bond motifs is 1. The van der Waals surface area contributed by atoms with Crippen molar-refractivity contribution in [2.75, 3.05) is 20.2 Å². The van der Waals surface area contributed by atoms with Gasteiger partial charge in [0, 0.05) is 19.2 Å². The van der Waals surface area contributed by atoms with Crippen molar-refractivity contribution in [3.63, 3.8) is 0 Å². The maximum absolute atomic E-state index is 12.3. The molecule has 0 aliphatic carbocycles. The summed E-state index contributed by atoms with van der Waals surface area (Å²) in [7, 11) is 1.62. The van der Waals surface area contributed by atoms with Gasteiger partial charge >= 0.3 is 0 Å². The van der Waals surface area contributed by atoms with Gasteiger partial charge in [-0.1, -0.05) is 0 Å². The van der Waals surface area contributed by atoms with E-state index >= 15 is 0 Å². The van der Waals surface area contributed by atoms with Crippen LogP contribution in [0.3, 0.4) is 0 Å². The van der Waals surface area contributed by atoms with Crippen molar-refractivity contribution < 1.29 is 9.53 Å². The molecule has 94 valence electrons. The van der Waals surface area contributed by atoms with Gasteiger partial charge in [-0.2, -0.15) is 0 Å². The molecule has 0 unspecified atom stereocenters. The molecule has 2 aromatic rings. The average Bonchev–Trinajstić information content (AvgIpc) is 3.16. The lowest BCUT2D eigenvalue weighted by atomic mass is 10.2. The molecular weight excluding hydrogens is 230 g/mol. The van der Waals surface area contributed by atoms with E-state index in [4.69, 9.17) is 4.74 Å². The van der Waals surface area contributed by atoms with Crippen molar-refractivity contribution in [1.82, 2.24) is 14.5 Å². The lowest BCUT2D eigenvalue weighted by Gasteiger charge is -2.11. The SMILES string of the molecule is COc1ccc2c(c1)ncn2C(=O)[C@@H](C)N1CC1. The van der Waals surface area contributed by atoms with Gasteiger partial charge in [0.1, 0.15) is 12.1 Å². The van der Waals surface area contributed by atoms with Gasteiger partial charge in [0.25, 0.3) is 0 Å². The highest BCUT2D eigenvalue weighted by atomic mass is 16.5. The summed E-state index contributed by atoms with van der Waals surface area (Å²) in [6.07, 6.45) is 1.59. The summed E-state index contributed by atoms with van der Waals surface area (Å²) in [6.45, 7) is 3.95. The van der Waals surface area contributed by atoms with Crippen LogP contribution in [0.1, 0.15) is 11.7 Å². The molecule has 3 rings (SSSR count). The van der Waals surface area contributed by atoms with E-state index in [0.717, 1.165) is 29.9 Å². The van der Waals surface area contributed by atoms with Gasteiger partial charge in [-0.05, 0) is 19.1 Å². The lowest BCUT2D eigenvalue weighted by molar-refractivity contribution is 0.0841. The quantitative estimate of drug-likeness (QED) is 0.767. The summed E-state index contributed by atoms with van der Waals surface area (Å²) >= 11 is 0. The van der Waals surface area contributed by atoms with E-state index in [0.29, 0.717) is 0 Å². The van der Waals surface area contributed by atoms with Gasteiger partial charge in [-0.25, -0.2) is 4.98 Å². The third-order valence-electron chi connectivity index (χ3n) is 3.38. The molecule has 5 heteroatoms. The molecule has 0 saturated carbocycles. The van der Waals surface area contributed by atoms with Crippen LogP contribution in [0.4, 0.5) is 0 Å². The normalized spacial score (nSPS) is 16.8. The molecule has 0 N–H and O–H groups in total. The number of rotatable bonds is 3. The highest BCUT2D eigenvalue weighted by Crippen LogP contribution is 2.21. The topological polar surface area (TPSA) is 47.1 Å². The van der Waals surface area contributed by atoms with Crippen LogP contribution in [-0.4, -0.2) is 46.6 Å². The standard InChI is InChI=1S/C13H15N3O2/c1-9(15-5-6-15)13(17)16-8-14-11-7-10(18-2)3-4-12(11)16/h3-4,7-9H,5-6H2,1-2H3/t9-/m1/s1. The van der Waals surface area contributed by atoms with E-state index in [1.54, 1.807) is 18.0 Å². The number of ether oxygens (including phenoxy) is 1. The molecule has 0 bridgehead atoms. The van der Waals surface area contributed by atoms with Crippen molar-refractivity contribution in [1.29, 1.82) is 0 Å². The van der Waals surface area contributed by atoms with Crippen LogP contribution in [0, 0.1) is 0 Å². The van der Waals surface area contributed by atoms with E-state index in [9.17, 15) is 4.79 Å². The molecule has 0 radical (unpaired) electrons. The van der Waals surface area contributed by atoms with Crippen LogP contribution in [0.15, 0.2) is 24.5 Å². The molecule has 1 saturated heterocycles. The summed E-state index contributed by atoms with van der Waals surface area (Å²) in [5.41, 5.74) is 1.61. The van der Waals surface area contributed by atoms with Gasteiger partial charge in [0.05, 0.1) is 24.2 Å². The minimum atomic E-state index is -0.0792. The van der Waals surface area contributed by atoms with Crippen LogP contribution < -0.4 is 4.74 Å². The Morgan fingerprint density at radius 1 is 1.44 bits per heavy atom. The predicted octanol–water partition coefficient (Wildman–Crippen LogP) is 1.39. The van der Waals surface area contributed by atoms with Crippen LogP contribution in [0.25, 0.3) is 11.0 Å². The summed E-state index contributed by atoms with van der Waals surface area (Å²) in [4.78, 5) is 18.7. The molecule has 18 heavy (non-hydrogen) atoms. The maximum atomic E-state index is 12.3. The monoisotopic (exact) mass is 245 g/mol. The van der Waals surface area contributed by atoms with Crippen LogP contribution in [0.2, 0.25) is 0 Å². The largest absolute Gasteiger partial charge is 0.497 e. The van der Waals surface area contributed by atoms with Crippen LogP contribution >= 0.6 is 0 Å². The highest BCUT2D eigenvalue weighted by molar-refractivity contribution is 5.93. The first-order valence-corrected chi connectivity index (χ1v) is 6.00. The number of hydrogen-bond acceptors (Lipinski definition) is 4. The smallest absolute Gasteiger partial charge is 0.249 e. The maximum Gasteiger partial charge on any atom is 0.249 e. The minimum absolute atomic E-state index is 0.0696. The zero-order valence-electron chi connectivity index (χ0n) is 10.5. The number of methoxy groups -OCH3 is 1. The third kappa shape index (κ3) is 1.76. The van der Waals surface area contributed by atoms with Crippen molar-refractivity contribution >= 4 is 16.9 Å². The Labute approximate surface area is 105 Å². The van der Waals surface area contributed by atoms with Gasteiger partial charge in [0.15, 0.2) is 0 Å². The number of carbonyl (C=O) groups is 1. The van der Waals surface area contributed by atoms with Gasteiger partial charge < -0.3 is 4.74 Å². The summed E-state index contributed by atoms with van der Waals surface area (Å²) in [6, 6.07) is 5.47. The molecule has 5 nitrogen and oxygen atoms in total. The summed E-state index contributed by atoms with van der Waals surface area (Å²) in [5, 5.41) is 0. The number of carbonyl (C=O) groups excluding carboxylic acids is 1. The summed E-state index contributed by atoms with van der Waals surface area (Å²) in [5.74, 6) is 0.819. The number of imidazole rings is 1. The molecule has 1 atom stereocenters. The second kappa shape index (κ2) is 4.10. The van der Waals surface area contributed by atoms with E-state index in [-0.39, 0.29) is 11.9 Å². The Kier molecular flexibility index (Phi) is 2.56. The third-order valence-corrected chi connectivity index (χ3v) is 3.38. The summed E-state index contributed by atoms with van der Waals surface area (Å²) < 4.78 is 6.77. The molecule has 1 aliphatic heterocycles. The Balaban J connectivity index is 1.99. The van der Waals surface area contributed by atoms with Crippen molar-refractivity contribution in [3.05, 3.63) is 24.5 Å². The molecule has 2 heterocycles. The predicted molar refractivity (Wildman–Crippen MR) is 67.9 cm³/mol. The molecule has 1 aliphatic rings. The number of benzene rings is 1. The van der Waals surface area contributed by atoms with Crippen LogP contribution in [-0.2, 0) is 0 Å². The zero-order valence-corrected chi connectivity index (χ0v) is 10.5. The molecule has 1 aromatic heterocycles. The van der Waals surface area contributed by atoms with Crippen LogP contribution in [0.5, 0.6) is 5.75 Å². The second-order valence-electron chi connectivity index (χ2n) is 4.52. The van der Waals surface area contributed by atoms with Crippen molar-refractivity contribution in [3.8, 4) is 5.75 Å². The van der Waals surface area contributed by atoms with E-state index in [2.05, 4.69) is 9.88 Å². The van der Waals surface area contributed by atoms with Gasteiger partial charge in [-0.3, -0.25) is 14.3 Å². The Morgan fingerprint density at radius 2 is 2.22 bits per heavy atom. The van der Waals surface area contributed by atoms with Gasteiger partial charge in [0.2, 0.25) is 5.91 Å². The fourth-order valence-corrected chi connectivity index (χ4v) is 2.10. The lowest BCUT2D eigenvalue weighted by Crippen LogP contribution is -2.30. The Bertz CT molecular complexity index is 601. The zero-order chi connectivity index (χ0) is 12.7. The first kappa shape index (κ1) is 11.2. The fraction of sp³-hybridized carbons (Fsp3) is 0.385. The molecular formula is C13H15N3O2. The number of aromatic nitrogens is 2. The first-order chi connectivity index (χ1) is 8.70. The fourth-order valence-electron chi connectivity index (χ4n) is 2.10.